The molecule has 2 aliphatic heterocycles. The molecule has 0 radical (unpaired) electrons. The van der Waals surface area contributed by atoms with Crippen molar-refractivity contribution in [2.24, 2.45) is 5.92 Å². The van der Waals surface area contributed by atoms with Crippen LogP contribution in [0.1, 0.15) is 17.2 Å². The van der Waals surface area contributed by atoms with Gasteiger partial charge in [-0.3, -0.25) is 19.3 Å². The molecule has 0 spiro atoms. The maximum Gasteiger partial charge on any atom is 0.262 e. The first-order chi connectivity index (χ1) is 14.6. The molecule has 0 aliphatic carbocycles. The molecule has 5 nitrogen and oxygen atoms in total. The summed E-state index contributed by atoms with van der Waals surface area (Å²) in [5.41, 5.74) is 2.57. The van der Waals surface area contributed by atoms with Gasteiger partial charge in [0.25, 0.3) is 5.91 Å². The average molecular weight is 419 g/mol. The number of imide groups is 1. The molecule has 0 aromatic heterocycles. The van der Waals surface area contributed by atoms with Crippen molar-refractivity contribution in [2.45, 2.75) is 18.7 Å². The second kappa shape index (κ2) is 7.59. The summed E-state index contributed by atoms with van der Waals surface area (Å²) in [5.74, 6) is -1.12. The Kier molecular flexibility index (Phi) is 4.77. The van der Waals surface area contributed by atoms with Gasteiger partial charge >= 0.3 is 0 Å². The van der Waals surface area contributed by atoms with Gasteiger partial charge in [-0.1, -0.05) is 72.3 Å². The fraction of sp³-hybridized carbons (Fsp3) is 0.167. The molecular formula is C24H19ClN2O3. The number of halogens is 1. The van der Waals surface area contributed by atoms with Crippen LogP contribution in [0.3, 0.4) is 0 Å². The van der Waals surface area contributed by atoms with Crippen LogP contribution in [0, 0.1) is 5.92 Å². The van der Waals surface area contributed by atoms with Crippen molar-refractivity contribution in [2.75, 3.05) is 5.06 Å². The molecule has 2 fully saturated rings. The topological polar surface area (TPSA) is 49.9 Å². The summed E-state index contributed by atoms with van der Waals surface area (Å²) in [6.07, 6.45) is -0.845. The van der Waals surface area contributed by atoms with Gasteiger partial charge in [0.2, 0.25) is 5.91 Å². The van der Waals surface area contributed by atoms with E-state index in [0.717, 1.165) is 16.8 Å². The smallest absolute Gasteiger partial charge is 0.262 e. The van der Waals surface area contributed by atoms with Crippen molar-refractivity contribution >= 4 is 29.1 Å². The van der Waals surface area contributed by atoms with E-state index in [0.29, 0.717) is 5.02 Å². The van der Waals surface area contributed by atoms with Crippen LogP contribution in [0.25, 0.3) is 0 Å². The molecule has 6 heteroatoms. The van der Waals surface area contributed by atoms with E-state index in [1.807, 2.05) is 72.8 Å². The van der Waals surface area contributed by atoms with Crippen LogP contribution in [-0.4, -0.2) is 22.8 Å². The molecule has 2 saturated heterocycles. The minimum atomic E-state index is -0.845. The molecule has 5 rings (SSSR count). The normalized spacial score (nSPS) is 23.2. The molecule has 0 bridgehead atoms. The number of rotatable bonds is 4. The first-order valence-electron chi connectivity index (χ1n) is 9.79. The molecule has 2 amide bonds. The Morgan fingerprint density at radius 2 is 1.43 bits per heavy atom. The van der Waals surface area contributed by atoms with Crippen LogP contribution in [0.5, 0.6) is 0 Å². The highest BCUT2D eigenvalue weighted by atomic mass is 35.5. The van der Waals surface area contributed by atoms with Crippen LogP contribution in [0.4, 0.5) is 5.69 Å². The van der Waals surface area contributed by atoms with Gasteiger partial charge < -0.3 is 0 Å². The fourth-order valence-corrected chi connectivity index (χ4v) is 4.32. The molecule has 2 heterocycles. The predicted molar refractivity (Wildman–Crippen MR) is 113 cm³/mol. The summed E-state index contributed by atoms with van der Waals surface area (Å²) < 4.78 is 0. The van der Waals surface area contributed by atoms with Crippen molar-refractivity contribution in [3.63, 3.8) is 0 Å². The van der Waals surface area contributed by atoms with E-state index < -0.39 is 18.1 Å². The number of amides is 2. The number of anilines is 1. The average Bonchev–Trinajstić information content (AvgIpc) is 3.28. The Labute approximate surface area is 179 Å². The van der Waals surface area contributed by atoms with Crippen molar-refractivity contribution in [1.82, 2.24) is 4.90 Å². The Hall–Kier alpha value is -3.15. The van der Waals surface area contributed by atoms with Crippen LogP contribution in [0.2, 0.25) is 5.02 Å². The SMILES string of the molecule is O=C1[C@@H]2[C@H](ON(c3ccc(Cl)cc3)[C@@H]2c2ccccc2)C(=O)N1Cc1ccccc1. The Balaban J connectivity index is 1.51. The molecule has 0 unspecified atom stereocenters. The summed E-state index contributed by atoms with van der Waals surface area (Å²) in [6, 6.07) is 26.0. The quantitative estimate of drug-likeness (QED) is 0.590. The third-order valence-corrected chi connectivity index (χ3v) is 5.86. The lowest BCUT2D eigenvalue weighted by Crippen LogP contribution is -2.36. The molecule has 0 saturated carbocycles. The van der Waals surface area contributed by atoms with Gasteiger partial charge in [0, 0.05) is 5.02 Å². The van der Waals surface area contributed by atoms with Gasteiger partial charge in [0.05, 0.1) is 18.3 Å². The van der Waals surface area contributed by atoms with E-state index in [9.17, 15) is 9.59 Å². The highest BCUT2D eigenvalue weighted by Crippen LogP contribution is 2.47. The zero-order valence-electron chi connectivity index (χ0n) is 16.0. The van der Waals surface area contributed by atoms with Crippen LogP contribution >= 0.6 is 11.6 Å². The van der Waals surface area contributed by atoms with Gasteiger partial charge in [-0.25, -0.2) is 5.06 Å². The fourth-order valence-electron chi connectivity index (χ4n) is 4.19. The Morgan fingerprint density at radius 1 is 0.800 bits per heavy atom. The molecule has 2 aliphatic rings. The summed E-state index contributed by atoms with van der Waals surface area (Å²) in [7, 11) is 0. The third-order valence-electron chi connectivity index (χ3n) is 5.61. The zero-order chi connectivity index (χ0) is 20.7. The van der Waals surface area contributed by atoms with Gasteiger partial charge in [-0.2, -0.15) is 0 Å². The predicted octanol–water partition coefficient (Wildman–Crippen LogP) is 4.39. The number of hydrogen-bond acceptors (Lipinski definition) is 4. The lowest BCUT2D eigenvalue weighted by Gasteiger charge is -2.28. The van der Waals surface area contributed by atoms with E-state index in [-0.39, 0.29) is 18.4 Å². The van der Waals surface area contributed by atoms with Crippen LogP contribution in [-0.2, 0) is 21.0 Å². The summed E-state index contributed by atoms with van der Waals surface area (Å²) in [4.78, 5) is 34.0. The number of hydrogen-bond donors (Lipinski definition) is 0. The van der Waals surface area contributed by atoms with Gasteiger partial charge in [0.15, 0.2) is 6.10 Å². The number of carbonyl (C=O) groups excluding carboxylic acids is 2. The second-order valence-corrected chi connectivity index (χ2v) is 7.89. The lowest BCUT2D eigenvalue weighted by molar-refractivity contribution is -0.143. The molecule has 150 valence electrons. The van der Waals surface area contributed by atoms with Crippen LogP contribution < -0.4 is 5.06 Å². The molecule has 30 heavy (non-hydrogen) atoms. The van der Waals surface area contributed by atoms with E-state index in [1.165, 1.54) is 4.90 Å². The summed E-state index contributed by atoms with van der Waals surface area (Å²) >= 11 is 6.04. The Morgan fingerprint density at radius 3 is 2.10 bits per heavy atom. The zero-order valence-corrected chi connectivity index (χ0v) is 16.8. The summed E-state index contributed by atoms with van der Waals surface area (Å²) in [6.45, 7) is 0.247. The molecule has 3 aromatic carbocycles. The van der Waals surface area contributed by atoms with Crippen molar-refractivity contribution in [1.29, 1.82) is 0 Å². The maximum atomic E-state index is 13.4. The van der Waals surface area contributed by atoms with E-state index in [4.69, 9.17) is 16.4 Å². The molecular weight excluding hydrogens is 400 g/mol. The second-order valence-electron chi connectivity index (χ2n) is 7.46. The molecule has 3 atom stereocenters. The Bertz CT molecular complexity index is 1070. The summed E-state index contributed by atoms with van der Waals surface area (Å²) in [5, 5.41) is 2.28. The number of fused-ring (bicyclic) bond motifs is 1. The lowest BCUT2D eigenvalue weighted by atomic mass is 9.90. The minimum Gasteiger partial charge on any atom is -0.275 e. The highest BCUT2D eigenvalue weighted by molar-refractivity contribution is 6.30. The number of nitrogens with zero attached hydrogens (tertiary/aromatic N) is 2. The monoisotopic (exact) mass is 418 g/mol. The van der Waals surface area contributed by atoms with Gasteiger partial charge in [-0.15, -0.1) is 0 Å². The van der Waals surface area contributed by atoms with Crippen molar-refractivity contribution in [3.8, 4) is 0 Å². The van der Waals surface area contributed by atoms with Crippen LogP contribution in [0.15, 0.2) is 84.9 Å². The number of hydroxylamine groups is 1. The van der Waals surface area contributed by atoms with E-state index >= 15 is 0 Å². The standard InChI is InChI=1S/C24H19ClN2O3/c25-18-11-13-19(14-12-18)27-21(17-9-5-2-6-10-17)20-22(30-27)24(29)26(23(20)28)15-16-7-3-1-4-8-16/h1-14,20-22H,15H2/t20-,21+,22-/m0/s1. The van der Waals surface area contributed by atoms with Gasteiger partial charge in [-0.05, 0) is 35.4 Å². The van der Waals surface area contributed by atoms with E-state index in [1.54, 1.807) is 17.2 Å². The van der Waals surface area contributed by atoms with Crippen molar-refractivity contribution in [3.05, 3.63) is 101 Å². The minimum absolute atomic E-state index is 0.209. The van der Waals surface area contributed by atoms with E-state index in [2.05, 4.69) is 0 Å². The first kappa shape index (κ1) is 18.9. The third kappa shape index (κ3) is 3.16. The largest absolute Gasteiger partial charge is 0.275 e. The maximum absolute atomic E-state index is 13.4. The highest BCUT2D eigenvalue weighted by Gasteiger charge is 2.59. The molecule has 0 N–H and O–H groups in total. The number of carbonyl (C=O) groups is 2. The van der Waals surface area contributed by atoms with Gasteiger partial charge in [0.1, 0.15) is 5.92 Å². The van der Waals surface area contributed by atoms with Crippen molar-refractivity contribution < 1.29 is 14.4 Å². The number of likely N-dealkylation sites (tertiary alicyclic amines) is 1. The molecule has 3 aromatic rings. The first-order valence-corrected chi connectivity index (χ1v) is 10.2. The number of benzene rings is 3.